The molecule has 0 amide bonds. The van der Waals surface area contributed by atoms with Gasteiger partial charge in [0.05, 0.1) is 5.69 Å². The highest BCUT2D eigenvalue weighted by molar-refractivity contribution is 5.99. The first-order valence-electron chi connectivity index (χ1n) is 20.3. The fraction of sp³-hybridized carbons (Fsp3) is 0. The minimum Gasteiger partial charge on any atom is -0.310 e. The van der Waals surface area contributed by atoms with Crippen LogP contribution in [0.25, 0.3) is 77.5 Å². The standard InChI is InChI=1S/C58H41N/c1-5-16-42(17-6-1)43-28-34-51(35-29-43)59(58-41-50(33-39-56(58)47-20-9-3-10-21-47)54-27-15-25-46-24-13-14-26-53(46)54)52-36-30-44(31-37-52)49-32-38-55(45-18-7-2-8-19-45)57(40-49)48-22-11-4-12-23-48/h1-41H. The van der Waals surface area contributed by atoms with Gasteiger partial charge in [-0.15, -0.1) is 0 Å². The number of rotatable bonds is 9. The minimum absolute atomic E-state index is 1.08. The van der Waals surface area contributed by atoms with Crippen LogP contribution in [0.4, 0.5) is 17.1 Å². The van der Waals surface area contributed by atoms with Crippen molar-refractivity contribution in [1.82, 2.24) is 0 Å². The Morgan fingerprint density at radius 2 is 0.644 bits per heavy atom. The smallest absolute Gasteiger partial charge is 0.0546 e. The summed E-state index contributed by atoms with van der Waals surface area (Å²) in [5, 5.41) is 2.47. The summed E-state index contributed by atoms with van der Waals surface area (Å²) >= 11 is 0. The second kappa shape index (κ2) is 16.0. The molecule has 0 N–H and O–H groups in total. The summed E-state index contributed by atoms with van der Waals surface area (Å²) in [6, 6.07) is 89.9. The Kier molecular flexibility index (Phi) is 9.68. The van der Waals surface area contributed by atoms with Crippen LogP contribution < -0.4 is 4.90 Å². The number of benzene rings is 10. The van der Waals surface area contributed by atoms with Crippen LogP contribution in [0.5, 0.6) is 0 Å². The first-order valence-corrected chi connectivity index (χ1v) is 20.3. The number of fused-ring (bicyclic) bond motifs is 1. The van der Waals surface area contributed by atoms with Crippen molar-refractivity contribution in [2.24, 2.45) is 0 Å². The lowest BCUT2D eigenvalue weighted by Gasteiger charge is -2.29. The molecule has 0 radical (unpaired) electrons. The Morgan fingerprint density at radius 1 is 0.220 bits per heavy atom. The summed E-state index contributed by atoms with van der Waals surface area (Å²) < 4.78 is 0. The van der Waals surface area contributed by atoms with Crippen molar-refractivity contribution < 1.29 is 0 Å². The topological polar surface area (TPSA) is 3.24 Å². The quantitative estimate of drug-likeness (QED) is 0.142. The molecule has 0 heterocycles. The molecule has 0 saturated heterocycles. The molecule has 59 heavy (non-hydrogen) atoms. The summed E-state index contributed by atoms with van der Waals surface area (Å²) in [5.41, 5.74) is 17.6. The summed E-state index contributed by atoms with van der Waals surface area (Å²) in [5.74, 6) is 0. The third-order valence-corrected chi connectivity index (χ3v) is 11.3. The van der Waals surface area contributed by atoms with Crippen molar-refractivity contribution in [2.45, 2.75) is 0 Å². The molecule has 10 aromatic carbocycles. The molecule has 0 aliphatic rings. The minimum atomic E-state index is 1.08. The van der Waals surface area contributed by atoms with E-state index in [1.807, 2.05) is 0 Å². The van der Waals surface area contributed by atoms with Gasteiger partial charge in [0.15, 0.2) is 0 Å². The molecule has 1 nitrogen and oxygen atoms in total. The third-order valence-electron chi connectivity index (χ3n) is 11.3. The lowest BCUT2D eigenvalue weighted by Crippen LogP contribution is -2.11. The molecule has 0 aliphatic carbocycles. The van der Waals surface area contributed by atoms with Crippen LogP contribution in [0, 0.1) is 0 Å². The van der Waals surface area contributed by atoms with E-state index in [0.717, 1.165) is 28.2 Å². The van der Waals surface area contributed by atoms with Crippen LogP contribution in [0.2, 0.25) is 0 Å². The Morgan fingerprint density at radius 3 is 1.25 bits per heavy atom. The van der Waals surface area contributed by atoms with E-state index < -0.39 is 0 Å². The van der Waals surface area contributed by atoms with Gasteiger partial charge in [-0.1, -0.05) is 212 Å². The maximum atomic E-state index is 2.42. The van der Waals surface area contributed by atoms with Gasteiger partial charge >= 0.3 is 0 Å². The van der Waals surface area contributed by atoms with Gasteiger partial charge in [0.2, 0.25) is 0 Å². The molecule has 10 rings (SSSR count). The molecule has 10 aromatic rings. The molecule has 278 valence electrons. The maximum absolute atomic E-state index is 2.42. The number of hydrogen-bond acceptors (Lipinski definition) is 1. The highest BCUT2D eigenvalue weighted by atomic mass is 15.1. The third kappa shape index (κ3) is 7.23. The van der Waals surface area contributed by atoms with Gasteiger partial charge < -0.3 is 4.90 Å². The number of anilines is 3. The van der Waals surface area contributed by atoms with Crippen LogP contribution in [0.15, 0.2) is 249 Å². The summed E-state index contributed by atoms with van der Waals surface area (Å²) in [7, 11) is 0. The van der Waals surface area contributed by atoms with E-state index >= 15 is 0 Å². The van der Waals surface area contributed by atoms with Crippen LogP contribution in [0.3, 0.4) is 0 Å². The predicted molar refractivity (Wildman–Crippen MR) is 251 cm³/mol. The van der Waals surface area contributed by atoms with Crippen LogP contribution in [-0.2, 0) is 0 Å². The Bertz CT molecular complexity index is 2990. The monoisotopic (exact) mass is 751 g/mol. The van der Waals surface area contributed by atoms with Gasteiger partial charge in [-0.05, 0) is 108 Å². The van der Waals surface area contributed by atoms with E-state index in [1.165, 1.54) is 66.4 Å². The highest BCUT2D eigenvalue weighted by Crippen LogP contribution is 2.45. The Hall–Kier alpha value is -7.74. The van der Waals surface area contributed by atoms with E-state index in [2.05, 4.69) is 254 Å². The van der Waals surface area contributed by atoms with Crippen LogP contribution in [0.1, 0.15) is 0 Å². The van der Waals surface area contributed by atoms with Crippen molar-refractivity contribution in [3.63, 3.8) is 0 Å². The lowest BCUT2D eigenvalue weighted by atomic mass is 9.91. The molecule has 0 aliphatic heterocycles. The molecule has 1 heteroatoms. The second-order valence-electron chi connectivity index (χ2n) is 14.9. The van der Waals surface area contributed by atoms with E-state index in [-0.39, 0.29) is 0 Å². The van der Waals surface area contributed by atoms with Gasteiger partial charge in [-0.3, -0.25) is 0 Å². The van der Waals surface area contributed by atoms with E-state index in [0.29, 0.717) is 0 Å². The first kappa shape index (κ1) is 35.7. The zero-order valence-electron chi connectivity index (χ0n) is 32.6. The van der Waals surface area contributed by atoms with E-state index in [1.54, 1.807) is 0 Å². The SMILES string of the molecule is c1ccc(-c2ccc(N(c3ccc(-c4ccc(-c5ccccc5)c(-c5ccccc5)c4)cc3)c3cc(-c4cccc5ccccc45)ccc3-c3ccccc3)cc2)cc1. The molecule has 0 unspecified atom stereocenters. The van der Waals surface area contributed by atoms with Gasteiger partial charge in [0.25, 0.3) is 0 Å². The van der Waals surface area contributed by atoms with Crippen LogP contribution in [-0.4, -0.2) is 0 Å². The molecular formula is C58H41N. The predicted octanol–water partition coefficient (Wildman–Crippen LogP) is 16.3. The van der Waals surface area contributed by atoms with Gasteiger partial charge in [-0.25, -0.2) is 0 Å². The zero-order chi connectivity index (χ0) is 39.4. The van der Waals surface area contributed by atoms with Gasteiger partial charge in [0.1, 0.15) is 0 Å². The number of nitrogens with zero attached hydrogens (tertiary/aromatic N) is 1. The van der Waals surface area contributed by atoms with Crippen molar-refractivity contribution in [2.75, 3.05) is 4.90 Å². The molecule has 0 saturated carbocycles. The molecule has 0 fully saturated rings. The highest BCUT2D eigenvalue weighted by Gasteiger charge is 2.20. The van der Waals surface area contributed by atoms with Gasteiger partial charge in [0, 0.05) is 16.9 Å². The van der Waals surface area contributed by atoms with Crippen molar-refractivity contribution >= 4 is 27.8 Å². The molecule has 0 aromatic heterocycles. The largest absolute Gasteiger partial charge is 0.310 e. The Labute approximate surface area is 346 Å². The average Bonchev–Trinajstić information content (AvgIpc) is 3.33. The second-order valence-corrected chi connectivity index (χ2v) is 14.9. The normalized spacial score (nSPS) is 11.1. The fourth-order valence-corrected chi connectivity index (χ4v) is 8.34. The molecular weight excluding hydrogens is 711 g/mol. The number of hydrogen-bond donors (Lipinski definition) is 0. The van der Waals surface area contributed by atoms with Crippen LogP contribution >= 0.6 is 0 Å². The average molecular weight is 752 g/mol. The maximum Gasteiger partial charge on any atom is 0.0546 e. The van der Waals surface area contributed by atoms with E-state index in [4.69, 9.17) is 0 Å². The summed E-state index contributed by atoms with van der Waals surface area (Å²) in [6.07, 6.45) is 0. The van der Waals surface area contributed by atoms with Crippen molar-refractivity contribution in [3.8, 4) is 66.8 Å². The molecule has 0 atom stereocenters. The molecule has 0 spiro atoms. The molecule has 0 bridgehead atoms. The summed E-state index contributed by atoms with van der Waals surface area (Å²) in [4.78, 5) is 2.42. The first-order chi connectivity index (χ1) is 29.3. The van der Waals surface area contributed by atoms with Crippen molar-refractivity contribution in [3.05, 3.63) is 249 Å². The van der Waals surface area contributed by atoms with E-state index in [9.17, 15) is 0 Å². The fourth-order valence-electron chi connectivity index (χ4n) is 8.34. The van der Waals surface area contributed by atoms with Gasteiger partial charge in [-0.2, -0.15) is 0 Å². The summed E-state index contributed by atoms with van der Waals surface area (Å²) in [6.45, 7) is 0. The van der Waals surface area contributed by atoms with Crippen molar-refractivity contribution in [1.29, 1.82) is 0 Å². The Balaban J connectivity index is 1.13. The lowest BCUT2D eigenvalue weighted by molar-refractivity contribution is 1.28. The zero-order valence-corrected chi connectivity index (χ0v) is 32.6.